The summed E-state index contributed by atoms with van der Waals surface area (Å²) in [4.78, 5) is 14.2. The fourth-order valence-electron chi connectivity index (χ4n) is 3.26. The van der Waals surface area contributed by atoms with Crippen LogP contribution in [0, 0.1) is 0 Å². The summed E-state index contributed by atoms with van der Waals surface area (Å²) < 4.78 is 0. The smallest absolute Gasteiger partial charge is 0.226 e. The van der Waals surface area contributed by atoms with E-state index < -0.39 is 0 Å². The van der Waals surface area contributed by atoms with E-state index in [0.29, 0.717) is 12.5 Å². The molecule has 1 aliphatic carbocycles. The average molecular weight is 248 g/mol. The molecule has 5 heteroatoms. The van der Waals surface area contributed by atoms with E-state index in [-0.39, 0.29) is 11.9 Å². The number of nitrogens with one attached hydrogen (secondary N) is 2. The lowest BCUT2D eigenvalue weighted by atomic mass is 9.93. The molecule has 98 valence electrons. The van der Waals surface area contributed by atoms with Gasteiger partial charge in [-0.1, -0.05) is 19.3 Å². The summed E-state index contributed by atoms with van der Waals surface area (Å²) in [6.07, 6.45) is 8.62. The third-order valence-electron chi connectivity index (χ3n) is 4.08. The Morgan fingerprint density at radius 3 is 2.89 bits per heavy atom. The number of carbonyl (C=O) groups is 1. The predicted molar refractivity (Wildman–Crippen MR) is 70.6 cm³/mol. The molecule has 2 heterocycles. The van der Waals surface area contributed by atoms with E-state index in [2.05, 4.69) is 27.3 Å². The van der Waals surface area contributed by atoms with E-state index in [9.17, 15) is 4.79 Å². The standard InChI is InChI=1S/C13H20N4O/c1-9-7-12(18)15-11-8-14-16-13(11)17(9)10-5-3-2-4-6-10/h8-10H,2-7H2,1H3,(H,14,16)(H,15,18). The van der Waals surface area contributed by atoms with Crippen LogP contribution in [-0.2, 0) is 4.79 Å². The maximum atomic E-state index is 11.8. The first kappa shape index (κ1) is 11.6. The zero-order chi connectivity index (χ0) is 12.5. The number of hydrogen-bond donors (Lipinski definition) is 2. The van der Waals surface area contributed by atoms with Crippen molar-refractivity contribution in [3.63, 3.8) is 0 Å². The molecule has 1 atom stereocenters. The molecule has 1 aromatic heterocycles. The van der Waals surface area contributed by atoms with Crippen molar-refractivity contribution in [2.45, 2.75) is 57.5 Å². The number of H-pyrrole nitrogens is 1. The number of fused-ring (bicyclic) bond motifs is 1. The summed E-state index contributed by atoms with van der Waals surface area (Å²) in [5.74, 6) is 1.07. The van der Waals surface area contributed by atoms with Crippen LogP contribution in [0.5, 0.6) is 0 Å². The van der Waals surface area contributed by atoms with Gasteiger partial charge in [0.05, 0.1) is 6.20 Å². The van der Waals surface area contributed by atoms with Gasteiger partial charge in [0.25, 0.3) is 0 Å². The van der Waals surface area contributed by atoms with Crippen LogP contribution in [0.25, 0.3) is 0 Å². The highest BCUT2D eigenvalue weighted by Crippen LogP contribution is 2.34. The maximum absolute atomic E-state index is 11.8. The number of amides is 1. The van der Waals surface area contributed by atoms with Gasteiger partial charge >= 0.3 is 0 Å². The molecule has 18 heavy (non-hydrogen) atoms. The van der Waals surface area contributed by atoms with E-state index in [1.807, 2.05) is 0 Å². The number of carbonyl (C=O) groups excluding carboxylic acids is 1. The normalized spacial score (nSPS) is 25.5. The minimum atomic E-state index is 0.0865. The first-order valence-electron chi connectivity index (χ1n) is 6.87. The summed E-state index contributed by atoms with van der Waals surface area (Å²) >= 11 is 0. The van der Waals surface area contributed by atoms with Gasteiger partial charge in [-0.2, -0.15) is 5.10 Å². The number of hydrogen-bond acceptors (Lipinski definition) is 3. The second-order valence-corrected chi connectivity index (χ2v) is 5.43. The predicted octanol–water partition coefficient (Wildman–Crippen LogP) is 2.28. The Kier molecular flexibility index (Phi) is 2.97. The Labute approximate surface area is 107 Å². The molecule has 1 aliphatic heterocycles. The molecule has 1 unspecified atom stereocenters. The first-order chi connectivity index (χ1) is 8.75. The fraction of sp³-hybridized carbons (Fsp3) is 0.692. The van der Waals surface area contributed by atoms with Crippen LogP contribution in [0.15, 0.2) is 6.20 Å². The van der Waals surface area contributed by atoms with Crippen molar-refractivity contribution in [2.24, 2.45) is 0 Å². The molecule has 1 amide bonds. The molecule has 1 fully saturated rings. The van der Waals surface area contributed by atoms with Crippen LogP contribution >= 0.6 is 0 Å². The quantitative estimate of drug-likeness (QED) is 0.801. The summed E-state index contributed by atoms with van der Waals surface area (Å²) in [5, 5.41) is 10.1. The van der Waals surface area contributed by atoms with E-state index in [1.54, 1.807) is 6.20 Å². The molecule has 2 N–H and O–H groups in total. The Morgan fingerprint density at radius 2 is 2.11 bits per heavy atom. The Morgan fingerprint density at radius 1 is 1.33 bits per heavy atom. The summed E-state index contributed by atoms with van der Waals surface area (Å²) in [6, 6.07) is 0.774. The van der Waals surface area contributed by atoms with Gasteiger partial charge in [-0.25, -0.2) is 0 Å². The minimum absolute atomic E-state index is 0.0865. The minimum Gasteiger partial charge on any atom is -0.349 e. The maximum Gasteiger partial charge on any atom is 0.226 e. The van der Waals surface area contributed by atoms with E-state index in [0.717, 1.165) is 11.5 Å². The van der Waals surface area contributed by atoms with Crippen molar-refractivity contribution in [1.82, 2.24) is 10.2 Å². The largest absolute Gasteiger partial charge is 0.349 e. The zero-order valence-corrected chi connectivity index (χ0v) is 10.8. The van der Waals surface area contributed by atoms with Crippen LogP contribution < -0.4 is 10.2 Å². The van der Waals surface area contributed by atoms with Gasteiger partial charge in [0.15, 0.2) is 0 Å². The number of aromatic amines is 1. The third kappa shape index (κ3) is 1.98. The van der Waals surface area contributed by atoms with Gasteiger partial charge in [0.2, 0.25) is 5.91 Å². The monoisotopic (exact) mass is 248 g/mol. The molecule has 3 rings (SSSR count). The molecule has 1 aromatic rings. The second-order valence-electron chi connectivity index (χ2n) is 5.43. The zero-order valence-electron chi connectivity index (χ0n) is 10.8. The highest BCUT2D eigenvalue weighted by molar-refractivity contribution is 5.95. The van der Waals surface area contributed by atoms with Crippen LogP contribution in [0.3, 0.4) is 0 Å². The molecule has 0 aromatic carbocycles. The SMILES string of the molecule is CC1CC(=O)Nc2cn[nH]c2N1C1CCCCC1. The van der Waals surface area contributed by atoms with Gasteiger partial charge in [0.1, 0.15) is 11.5 Å². The molecule has 2 aliphatic rings. The van der Waals surface area contributed by atoms with Crippen molar-refractivity contribution in [3.8, 4) is 0 Å². The van der Waals surface area contributed by atoms with Gasteiger partial charge in [0, 0.05) is 18.5 Å². The van der Waals surface area contributed by atoms with Gasteiger partial charge < -0.3 is 10.2 Å². The molecule has 0 spiro atoms. The first-order valence-corrected chi connectivity index (χ1v) is 6.87. The summed E-state index contributed by atoms with van der Waals surface area (Å²) in [7, 11) is 0. The highest BCUT2D eigenvalue weighted by atomic mass is 16.1. The van der Waals surface area contributed by atoms with E-state index >= 15 is 0 Å². The fourth-order valence-corrected chi connectivity index (χ4v) is 3.26. The molecular formula is C13H20N4O. The highest BCUT2D eigenvalue weighted by Gasteiger charge is 2.32. The molecule has 1 saturated carbocycles. The molecule has 0 bridgehead atoms. The number of rotatable bonds is 1. The number of anilines is 2. The van der Waals surface area contributed by atoms with Crippen molar-refractivity contribution < 1.29 is 4.79 Å². The van der Waals surface area contributed by atoms with Crippen molar-refractivity contribution in [3.05, 3.63) is 6.20 Å². The van der Waals surface area contributed by atoms with Crippen LogP contribution in [0.4, 0.5) is 11.5 Å². The van der Waals surface area contributed by atoms with Crippen LogP contribution in [0.2, 0.25) is 0 Å². The van der Waals surface area contributed by atoms with E-state index in [4.69, 9.17) is 0 Å². The number of nitrogens with zero attached hydrogens (tertiary/aromatic N) is 2. The van der Waals surface area contributed by atoms with Crippen molar-refractivity contribution in [1.29, 1.82) is 0 Å². The van der Waals surface area contributed by atoms with Crippen molar-refractivity contribution >= 4 is 17.4 Å². The lowest BCUT2D eigenvalue weighted by molar-refractivity contribution is -0.116. The van der Waals surface area contributed by atoms with Crippen LogP contribution in [-0.4, -0.2) is 28.2 Å². The molecule has 0 saturated heterocycles. The average Bonchev–Trinajstić information content (AvgIpc) is 2.74. The summed E-state index contributed by atoms with van der Waals surface area (Å²) in [6.45, 7) is 2.13. The lowest BCUT2D eigenvalue weighted by Crippen LogP contribution is -2.43. The summed E-state index contributed by atoms with van der Waals surface area (Å²) in [5.41, 5.74) is 0.829. The van der Waals surface area contributed by atoms with Gasteiger partial charge in [-0.3, -0.25) is 9.89 Å². The Hall–Kier alpha value is -1.52. The topological polar surface area (TPSA) is 61.0 Å². The number of aromatic nitrogens is 2. The molecule has 0 radical (unpaired) electrons. The van der Waals surface area contributed by atoms with Gasteiger partial charge in [-0.05, 0) is 19.8 Å². The van der Waals surface area contributed by atoms with Gasteiger partial charge in [-0.15, -0.1) is 0 Å². The Balaban J connectivity index is 1.93. The molecular weight excluding hydrogens is 228 g/mol. The third-order valence-corrected chi connectivity index (χ3v) is 4.08. The lowest BCUT2D eigenvalue weighted by Gasteiger charge is -2.38. The van der Waals surface area contributed by atoms with Crippen LogP contribution in [0.1, 0.15) is 45.4 Å². The molecule has 5 nitrogen and oxygen atoms in total. The van der Waals surface area contributed by atoms with Crippen molar-refractivity contribution in [2.75, 3.05) is 10.2 Å². The Bertz CT molecular complexity index is 436. The van der Waals surface area contributed by atoms with E-state index in [1.165, 1.54) is 32.1 Å². The second kappa shape index (κ2) is 4.63.